The predicted molar refractivity (Wildman–Crippen MR) is 105 cm³/mol. The van der Waals surface area contributed by atoms with Crippen LogP contribution in [0.3, 0.4) is 0 Å². The number of carbonyl (C=O) groups is 1. The summed E-state index contributed by atoms with van der Waals surface area (Å²) in [5, 5.41) is 0. The number of nitrogens with zero attached hydrogens (tertiary/aromatic N) is 2. The van der Waals surface area contributed by atoms with Crippen LogP contribution >= 0.6 is 0 Å². The van der Waals surface area contributed by atoms with Gasteiger partial charge in [0.1, 0.15) is 0 Å². The molecule has 2 heterocycles. The molecule has 0 unspecified atom stereocenters. The Bertz CT molecular complexity index is 966. The number of aromatic nitrogens is 1. The second-order valence-electron chi connectivity index (χ2n) is 7.29. The van der Waals surface area contributed by atoms with E-state index in [-0.39, 0.29) is 5.91 Å². The zero-order valence-electron chi connectivity index (χ0n) is 15.3. The van der Waals surface area contributed by atoms with Gasteiger partial charge >= 0.3 is 5.76 Å². The van der Waals surface area contributed by atoms with Crippen LogP contribution in [0.2, 0.25) is 0 Å². The van der Waals surface area contributed by atoms with Crippen molar-refractivity contribution < 1.29 is 9.21 Å². The molecular weight excluding hydrogens is 340 g/mol. The molecule has 0 saturated carbocycles. The minimum absolute atomic E-state index is 0.198. The molecule has 0 bridgehead atoms. The lowest BCUT2D eigenvalue weighted by molar-refractivity contribution is 0.0867. The summed E-state index contributed by atoms with van der Waals surface area (Å²) in [5.74, 6) is -0.0843. The third-order valence-corrected chi connectivity index (χ3v) is 5.45. The number of rotatable bonds is 5. The quantitative estimate of drug-likeness (QED) is 0.694. The van der Waals surface area contributed by atoms with E-state index in [0.29, 0.717) is 30.0 Å². The van der Waals surface area contributed by atoms with Gasteiger partial charge in [0.25, 0.3) is 0 Å². The number of benzene rings is 2. The molecular formula is C22H24N2O3. The molecule has 3 aromatic rings. The van der Waals surface area contributed by atoms with E-state index in [1.807, 2.05) is 0 Å². The van der Waals surface area contributed by atoms with E-state index in [1.54, 1.807) is 24.3 Å². The molecule has 0 spiro atoms. The number of carbonyl (C=O) groups excluding carboxylic acids is 1. The zero-order valence-corrected chi connectivity index (χ0v) is 15.3. The van der Waals surface area contributed by atoms with Crippen molar-refractivity contribution >= 4 is 17.0 Å². The molecule has 1 aromatic heterocycles. The fourth-order valence-electron chi connectivity index (χ4n) is 3.93. The lowest BCUT2D eigenvalue weighted by Crippen LogP contribution is -2.36. The first-order valence-corrected chi connectivity index (χ1v) is 9.61. The van der Waals surface area contributed by atoms with Gasteiger partial charge in [0.15, 0.2) is 5.58 Å². The molecule has 1 fully saturated rings. The SMILES string of the molecule is O=C(CCN1CCC(Cc2ccccc2)CC1)n1c(=O)oc2ccccc21. The molecule has 5 heteroatoms. The summed E-state index contributed by atoms with van der Waals surface area (Å²) >= 11 is 0. The molecule has 140 valence electrons. The van der Waals surface area contributed by atoms with Gasteiger partial charge in [0.05, 0.1) is 5.52 Å². The Balaban J connectivity index is 1.30. The van der Waals surface area contributed by atoms with E-state index in [1.165, 1.54) is 5.56 Å². The fraction of sp³-hybridized carbons (Fsp3) is 0.364. The van der Waals surface area contributed by atoms with Crippen molar-refractivity contribution in [3.8, 4) is 0 Å². The van der Waals surface area contributed by atoms with Crippen LogP contribution in [-0.4, -0.2) is 35.0 Å². The standard InChI is InChI=1S/C22H24N2O3/c25-21(24-19-8-4-5-9-20(19)27-22(24)26)12-15-23-13-10-18(11-14-23)16-17-6-2-1-3-7-17/h1-9,18H,10-16H2. The predicted octanol–water partition coefficient (Wildman–Crippen LogP) is 3.58. The van der Waals surface area contributed by atoms with E-state index in [0.717, 1.165) is 36.9 Å². The number of hydrogen-bond donors (Lipinski definition) is 0. The monoisotopic (exact) mass is 364 g/mol. The van der Waals surface area contributed by atoms with E-state index < -0.39 is 5.76 Å². The van der Waals surface area contributed by atoms with Gasteiger partial charge in [-0.05, 0) is 56.0 Å². The van der Waals surface area contributed by atoms with Gasteiger partial charge in [0.2, 0.25) is 5.91 Å². The summed E-state index contributed by atoms with van der Waals surface area (Å²) < 4.78 is 6.32. The van der Waals surface area contributed by atoms with Crippen LogP contribution < -0.4 is 5.76 Å². The third-order valence-electron chi connectivity index (χ3n) is 5.45. The lowest BCUT2D eigenvalue weighted by Gasteiger charge is -2.31. The van der Waals surface area contributed by atoms with Crippen molar-refractivity contribution in [3.63, 3.8) is 0 Å². The first kappa shape index (κ1) is 17.7. The highest BCUT2D eigenvalue weighted by molar-refractivity contribution is 5.89. The average molecular weight is 364 g/mol. The largest absolute Gasteiger partial charge is 0.426 e. The van der Waals surface area contributed by atoms with Crippen LogP contribution in [0, 0.1) is 5.92 Å². The van der Waals surface area contributed by atoms with E-state index in [9.17, 15) is 9.59 Å². The van der Waals surface area contributed by atoms with Crippen molar-refractivity contribution in [1.82, 2.24) is 9.47 Å². The number of oxazole rings is 1. The fourth-order valence-corrected chi connectivity index (χ4v) is 3.93. The Morgan fingerprint density at radius 1 is 1.00 bits per heavy atom. The molecule has 4 rings (SSSR count). The second-order valence-corrected chi connectivity index (χ2v) is 7.29. The van der Waals surface area contributed by atoms with Gasteiger partial charge in [-0.1, -0.05) is 42.5 Å². The first-order valence-electron chi connectivity index (χ1n) is 9.61. The Morgan fingerprint density at radius 2 is 1.70 bits per heavy atom. The maximum Gasteiger partial charge on any atom is 0.426 e. The summed E-state index contributed by atoms with van der Waals surface area (Å²) in [6.07, 6.45) is 3.76. The summed E-state index contributed by atoms with van der Waals surface area (Å²) in [5.41, 5.74) is 2.41. The minimum atomic E-state index is -0.595. The highest BCUT2D eigenvalue weighted by Gasteiger charge is 2.21. The number of hydrogen-bond acceptors (Lipinski definition) is 4. The highest BCUT2D eigenvalue weighted by Crippen LogP contribution is 2.22. The van der Waals surface area contributed by atoms with Gasteiger partial charge < -0.3 is 9.32 Å². The molecule has 5 nitrogen and oxygen atoms in total. The summed E-state index contributed by atoms with van der Waals surface area (Å²) in [6.45, 7) is 2.69. The molecule has 1 aliphatic heterocycles. The smallest absolute Gasteiger partial charge is 0.407 e. The Hall–Kier alpha value is -2.66. The van der Waals surface area contributed by atoms with Gasteiger partial charge in [-0.2, -0.15) is 0 Å². The third kappa shape index (κ3) is 4.03. The molecule has 0 atom stereocenters. The van der Waals surface area contributed by atoms with Gasteiger partial charge in [-0.15, -0.1) is 0 Å². The normalized spacial score (nSPS) is 16.0. The summed E-state index contributed by atoms with van der Waals surface area (Å²) in [4.78, 5) is 26.9. The molecule has 1 aliphatic rings. The molecule has 1 saturated heterocycles. The lowest BCUT2D eigenvalue weighted by atomic mass is 9.90. The molecule has 2 aromatic carbocycles. The molecule has 27 heavy (non-hydrogen) atoms. The molecule has 0 radical (unpaired) electrons. The first-order chi connectivity index (χ1) is 13.2. The van der Waals surface area contributed by atoms with Crippen LogP contribution in [0.25, 0.3) is 11.1 Å². The Kier molecular flexibility index (Phi) is 5.21. The molecule has 0 N–H and O–H groups in total. The number of fused-ring (bicyclic) bond motifs is 1. The van der Waals surface area contributed by atoms with Gasteiger partial charge in [-0.25, -0.2) is 9.36 Å². The van der Waals surface area contributed by atoms with Gasteiger partial charge in [-0.3, -0.25) is 4.79 Å². The van der Waals surface area contributed by atoms with E-state index in [2.05, 4.69) is 35.2 Å². The molecule has 0 amide bonds. The van der Waals surface area contributed by atoms with E-state index >= 15 is 0 Å². The van der Waals surface area contributed by atoms with Crippen LogP contribution in [0.15, 0.2) is 63.8 Å². The number of para-hydroxylation sites is 2. The van der Waals surface area contributed by atoms with Crippen LogP contribution in [0.4, 0.5) is 0 Å². The van der Waals surface area contributed by atoms with Crippen molar-refractivity contribution in [2.45, 2.75) is 25.7 Å². The van der Waals surface area contributed by atoms with Crippen LogP contribution in [-0.2, 0) is 6.42 Å². The van der Waals surface area contributed by atoms with Crippen LogP contribution in [0.1, 0.15) is 29.6 Å². The summed E-state index contributed by atoms with van der Waals surface area (Å²) in [7, 11) is 0. The number of piperidine rings is 1. The summed E-state index contributed by atoms with van der Waals surface area (Å²) in [6, 6.07) is 17.7. The van der Waals surface area contributed by atoms with Crippen molar-refractivity contribution in [1.29, 1.82) is 0 Å². The minimum Gasteiger partial charge on any atom is -0.407 e. The topological polar surface area (TPSA) is 55.5 Å². The maximum absolute atomic E-state index is 12.6. The van der Waals surface area contributed by atoms with Crippen molar-refractivity contribution in [2.24, 2.45) is 5.92 Å². The maximum atomic E-state index is 12.6. The van der Waals surface area contributed by atoms with Crippen molar-refractivity contribution in [2.75, 3.05) is 19.6 Å². The Morgan fingerprint density at radius 3 is 2.48 bits per heavy atom. The van der Waals surface area contributed by atoms with Crippen molar-refractivity contribution in [3.05, 3.63) is 70.7 Å². The van der Waals surface area contributed by atoms with E-state index in [4.69, 9.17) is 4.42 Å². The second kappa shape index (κ2) is 7.92. The van der Waals surface area contributed by atoms with Crippen LogP contribution in [0.5, 0.6) is 0 Å². The average Bonchev–Trinajstić information content (AvgIpc) is 3.04. The van der Waals surface area contributed by atoms with Gasteiger partial charge in [0, 0.05) is 13.0 Å². The Labute approximate surface area is 158 Å². The zero-order chi connectivity index (χ0) is 18.6. The molecule has 0 aliphatic carbocycles. The highest BCUT2D eigenvalue weighted by atomic mass is 16.4. The number of likely N-dealkylation sites (tertiary alicyclic amines) is 1.